The first-order valence-corrected chi connectivity index (χ1v) is 6.60. The number of urea groups is 1. The molecule has 2 amide bonds. The van der Waals surface area contributed by atoms with Gasteiger partial charge in [0.05, 0.1) is 6.61 Å². The molecule has 0 spiro atoms. The highest BCUT2D eigenvalue weighted by Crippen LogP contribution is 2.15. The normalized spacial score (nSPS) is 11.5. The van der Waals surface area contributed by atoms with Crippen LogP contribution in [0, 0.1) is 0 Å². The summed E-state index contributed by atoms with van der Waals surface area (Å²) in [5, 5.41) is 13.8. The molecule has 1 rings (SSSR count). The van der Waals surface area contributed by atoms with E-state index in [1.807, 2.05) is 6.92 Å². The molecule has 0 radical (unpaired) electrons. The third-order valence-corrected chi connectivity index (χ3v) is 2.60. The van der Waals surface area contributed by atoms with Crippen LogP contribution >= 0.6 is 0 Å². The van der Waals surface area contributed by atoms with Crippen molar-refractivity contribution < 1.29 is 19.4 Å². The molecule has 6 nitrogen and oxygen atoms in total. The number of carboxylic acid groups (broad SMARTS) is 1. The molecule has 0 bridgehead atoms. The van der Waals surface area contributed by atoms with Gasteiger partial charge in [0.1, 0.15) is 11.8 Å². The molecule has 0 fully saturated rings. The van der Waals surface area contributed by atoms with E-state index < -0.39 is 18.0 Å². The number of rotatable bonds is 7. The van der Waals surface area contributed by atoms with Crippen molar-refractivity contribution in [1.29, 1.82) is 0 Å². The van der Waals surface area contributed by atoms with Crippen molar-refractivity contribution in [3.63, 3.8) is 0 Å². The van der Waals surface area contributed by atoms with Crippen LogP contribution in [0.4, 0.5) is 10.5 Å². The molecule has 6 heteroatoms. The first-order chi connectivity index (χ1) is 9.56. The van der Waals surface area contributed by atoms with Gasteiger partial charge in [-0.15, -0.1) is 0 Å². The summed E-state index contributed by atoms with van der Waals surface area (Å²) in [5.41, 5.74) is 0.576. The number of amides is 2. The highest BCUT2D eigenvalue weighted by Gasteiger charge is 2.17. The summed E-state index contributed by atoms with van der Waals surface area (Å²) in [6.45, 7) is 4.36. The molecular weight excluding hydrogens is 260 g/mol. The van der Waals surface area contributed by atoms with Gasteiger partial charge < -0.3 is 20.5 Å². The first-order valence-electron chi connectivity index (χ1n) is 6.60. The van der Waals surface area contributed by atoms with Gasteiger partial charge in [0, 0.05) is 5.69 Å². The lowest BCUT2D eigenvalue weighted by Crippen LogP contribution is -2.42. The Morgan fingerprint density at radius 1 is 1.25 bits per heavy atom. The molecule has 3 N–H and O–H groups in total. The molecule has 0 saturated heterocycles. The number of benzene rings is 1. The molecule has 0 aliphatic heterocycles. The van der Waals surface area contributed by atoms with Gasteiger partial charge in [0.15, 0.2) is 0 Å². The molecule has 0 heterocycles. The summed E-state index contributed by atoms with van der Waals surface area (Å²) >= 11 is 0. The number of ether oxygens (including phenoxy) is 1. The van der Waals surface area contributed by atoms with E-state index in [9.17, 15) is 9.59 Å². The number of nitrogens with one attached hydrogen (secondary N) is 2. The van der Waals surface area contributed by atoms with E-state index in [1.165, 1.54) is 0 Å². The number of carboxylic acids is 1. The monoisotopic (exact) mass is 280 g/mol. The molecule has 1 aromatic carbocycles. The SMILES string of the molecule is CCCOc1ccc(NC(=O)N[C@@H](CC)C(=O)O)cc1. The minimum Gasteiger partial charge on any atom is -0.494 e. The van der Waals surface area contributed by atoms with E-state index in [1.54, 1.807) is 31.2 Å². The maximum Gasteiger partial charge on any atom is 0.326 e. The summed E-state index contributed by atoms with van der Waals surface area (Å²) in [6, 6.07) is 5.47. The van der Waals surface area contributed by atoms with Gasteiger partial charge >= 0.3 is 12.0 Å². The van der Waals surface area contributed by atoms with E-state index in [0.29, 0.717) is 18.7 Å². The van der Waals surface area contributed by atoms with Crippen molar-refractivity contribution in [3.8, 4) is 5.75 Å². The van der Waals surface area contributed by atoms with Gasteiger partial charge in [-0.05, 0) is 37.1 Å². The zero-order valence-corrected chi connectivity index (χ0v) is 11.7. The van der Waals surface area contributed by atoms with E-state index in [2.05, 4.69) is 10.6 Å². The van der Waals surface area contributed by atoms with Crippen LogP contribution in [-0.4, -0.2) is 29.8 Å². The lowest BCUT2D eigenvalue weighted by molar-refractivity contribution is -0.139. The van der Waals surface area contributed by atoms with Gasteiger partial charge in [-0.25, -0.2) is 9.59 Å². The van der Waals surface area contributed by atoms with Crippen LogP contribution in [0.5, 0.6) is 5.75 Å². The molecule has 0 aromatic heterocycles. The van der Waals surface area contributed by atoms with Crippen molar-refractivity contribution in [2.24, 2.45) is 0 Å². The minimum atomic E-state index is -1.05. The Kier molecular flexibility index (Phi) is 6.36. The quantitative estimate of drug-likeness (QED) is 0.716. The lowest BCUT2D eigenvalue weighted by Gasteiger charge is -2.13. The molecule has 1 atom stereocenters. The zero-order chi connectivity index (χ0) is 15.0. The van der Waals surface area contributed by atoms with Gasteiger partial charge in [0.25, 0.3) is 0 Å². The van der Waals surface area contributed by atoms with E-state index >= 15 is 0 Å². The van der Waals surface area contributed by atoms with Crippen LogP contribution in [0.2, 0.25) is 0 Å². The second-order valence-corrected chi connectivity index (χ2v) is 4.27. The first kappa shape index (κ1) is 15.8. The molecule has 0 aliphatic rings. The smallest absolute Gasteiger partial charge is 0.326 e. The number of aliphatic carboxylic acids is 1. The average molecular weight is 280 g/mol. The highest BCUT2D eigenvalue weighted by molar-refractivity contribution is 5.92. The molecule has 20 heavy (non-hydrogen) atoms. The van der Waals surface area contributed by atoms with Crippen LogP contribution < -0.4 is 15.4 Å². The van der Waals surface area contributed by atoms with Crippen LogP contribution in [-0.2, 0) is 4.79 Å². The standard InChI is InChI=1S/C14H20N2O4/c1-3-9-20-11-7-5-10(6-8-11)15-14(19)16-12(4-2)13(17)18/h5-8,12H,3-4,9H2,1-2H3,(H,17,18)(H2,15,16,19)/t12-/m0/s1. The van der Waals surface area contributed by atoms with Crippen LogP contribution in [0.15, 0.2) is 24.3 Å². The maximum absolute atomic E-state index is 11.6. The Hall–Kier alpha value is -2.24. The molecular formula is C14H20N2O4. The van der Waals surface area contributed by atoms with Crippen molar-refractivity contribution in [2.75, 3.05) is 11.9 Å². The largest absolute Gasteiger partial charge is 0.494 e. The van der Waals surface area contributed by atoms with E-state index in [4.69, 9.17) is 9.84 Å². The van der Waals surface area contributed by atoms with Crippen molar-refractivity contribution >= 4 is 17.7 Å². The van der Waals surface area contributed by atoms with E-state index in [0.717, 1.165) is 12.2 Å². The maximum atomic E-state index is 11.6. The summed E-state index contributed by atoms with van der Waals surface area (Å²) < 4.78 is 5.42. The van der Waals surface area contributed by atoms with E-state index in [-0.39, 0.29) is 0 Å². The highest BCUT2D eigenvalue weighted by atomic mass is 16.5. The predicted octanol–water partition coefficient (Wildman–Crippen LogP) is 2.46. The molecule has 1 aromatic rings. The molecule has 0 unspecified atom stereocenters. The summed E-state index contributed by atoms with van der Waals surface area (Å²) in [6.07, 6.45) is 1.25. The van der Waals surface area contributed by atoms with Gasteiger partial charge in [-0.3, -0.25) is 0 Å². The fraction of sp³-hybridized carbons (Fsp3) is 0.429. The number of carbonyl (C=O) groups is 2. The third-order valence-electron chi connectivity index (χ3n) is 2.60. The van der Waals surface area contributed by atoms with Crippen molar-refractivity contribution in [2.45, 2.75) is 32.7 Å². The average Bonchev–Trinajstić information content (AvgIpc) is 2.43. The number of hydrogen-bond acceptors (Lipinski definition) is 3. The van der Waals surface area contributed by atoms with Crippen molar-refractivity contribution in [3.05, 3.63) is 24.3 Å². The molecule has 110 valence electrons. The Balaban J connectivity index is 2.51. The molecule has 0 saturated carbocycles. The summed E-state index contributed by atoms with van der Waals surface area (Å²) in [5.74, 6) is -0.319. The number of anilines is 1. The fourth-order valence-corrected chi connectivity index (χ4v) is 1.52. The van der Waals surface area contributed by atoms with Gasteiger partial charge in [-0.2, -0.15) is 0 Å². The van der Waals surface area contributed by atoms with Gasteiger partial charge in [-0.1, -0.05) is 13.8 Å². The second-order valence-electron chi connectivity index (χ2n) is 4.27. The van der Waals surface area contributed by atoms with Crippen molar-refractivity contribution in [1.82, 2.24) is 5.32 Å². The summed E-state index contributed by atoms with van der Waals surface area (Å²) in [7, 11) is 0. The Bertz CT molecular complexity index is 445. The lowest BCUT2D eigenvalue weighted by atomic mass is 10.2. The second kappa shape index (κ2) is 8.04. The van der Waals surface area contributed by atoms with Gasteiger partial charge in [0.2, 0.25) is 0 Å². The fourth-order valence-electron chi connectivity index (χ4n) is 1.52. The van der Waals surface area contributed by atoms with Crippen LogP contribution in [0.1, 0.15) is 26.7 Å². The number of carbonyl (C=O) groups excluding carboxylic acids is 1. The molecule has 0 aliphatic carbocycles. The Labute approximate surface area is 118 Å². The number of hydrogen-bond donors (Lipinski definition) is 3. The predicted molar refractivity (Wildman–Crippen MR) is 76.1 cm³/mol. The third kappa shape index (κ3) is 5.17. The topological polar surface area (TPSA) is 87.7 Å². The minimum absolute atomic E-state index is 0.326. The Morgan fingerprint density at radius 2 is 1.90 bits per heavy atom. The summed E-state index contributed by atoms with van der Waals surface area (Å²) in [4.78, 5) is 22.4. The Morgan fingerprint density at radius 3 is 2.40 bits per heavy atom. The van der Waals surface area contributed by atoms with Crippen LogP contribution in [0.3, 0.4) is 0 Å². The van der Waals surface area contributed by atoms with Crippen LogP contribution in [0.25, 0.3) is 0 Å². The zero-order valence-electron chi connectivity index (χ0n) is 11.7.